The van der Waals surface area contributed by atoms with Crippen molar-refractivity contribution >= 4 is 17.6 Å². The fourth-order valence-electron chi connectivity index (χ4n) is 1.84. The lowest BCUT2D eigenvalue weighted by Gasteiger charge is -2.07. The highest BCUT2D eigenvalue weighted by Gasteiger charge is 2.11. The van der Waals surface area contributed by atoms with E-state index in [1.807, 2.05) is 0 Å². The molecule has 6 nitrogen and oxygen atoms in total. The van der Waals surface area contributed by atoms with E-state index in [1.54, 1.807) is 12.1 Å². The van der Waals surface area contributed by atoms with E-state index in [9.17, 15) is 19.8 Å². The number of amides is 1. The first-order valence-corrected chi connectivity index (χ1v) is 6.10. The number of anilines is 1. The number of carboxylic acids is 1. The van der Waals surface area contributed by atoms with Crippen molar-refractivity contribution in [2.24, 2.45) is 0 Å². The highest BCUT2D eigenvalue weighted by atomic mass is 16.4. The normalized spacial score (nSPS) is 10.1. The molecule has 0 aliphatic carbocycles. The molecule has 0 saturated carbocycles. The van der Waals surface area contributed by atoms with Gasteiger partial charge in [0.1, 0.15) is 17.1 Å². The minimum atomic E-state index is -1.28. The van der Waals surface area contributed by atoms with Crippen LogP contribution in [0.5, 0.6) is 11.5 Å². The number of aromatic carboxylic acids is 1. The average Bonchev–Trinajstić information content (AvgIpc) is 2.40. The lowest BCUT2D eigenvalue weighted by Crippen LogP contribution is -2.14. The van der Waals surface area contributed by atoms with Gasteiger partial charge in [-0.2, -0.15) is 0 Å². The Morgan fingerprint density at radius 3 is 2.48 bits per heavy atom. The fraction of sp³-hybridized carbons (Fsp3) is 0.0667. The SMILES string of the molecule is O=C(Cc1cccc(O)c1)Nc1ccc(O)c(C(=O)O)c1. The van der Waals surface area contributed by atoms with E-state index in [-0.39, 0.29) is 35.1 Å². The number of hydrogen-bond acceptors (Lipinski definition) is 4. The molecule has 21 heavy (non-hydrogen) atoms. The van der Waals surface area contributed by atoms with Gasteiger partial charge in [-0.1, -0.05) is 12.1 Å². The van der Waals surface area contributed by atoms with E-state index in [1.165, 1.54) is 30.3 Å². The maximum atomic E-state index is 11.9. The first-order chi connectivity index (χ1) is 9.95. The molecule has 2 rings (SSSR count). The standard InChI is InChI=1S/C15H13NO5/c17-11-3-1-2-9(6-11)7-14(19)16-10-4-5-13(18)12(8-10)15(20)21/h1-6,8,17-18H,7H2,(H,16,19)(H,20,21). The summed E-state index contributed by atoms with van der Waals surface area (Å²) in [5, 5.41) is 30.1. The van der Waals surface area contributed by atoms with Gasteiger partial charge >= 0.3 is 5.97 Å². The van der Waals surface area contributed by atoms with Gasteiger partial charge in [0.2, 0.25) is 5.91 Å². The second-order valence-electron chi connectivity index (χ2n) is 4.43. The van der Waals surface area contributed by atoms with Crippen LogP contribution in [0.4, 0.5) is 5.69 Å². The van der Waals surface area contributed by atoms with Crippen molar-refractivity contribution in [2.75, 3.05) is 5.32 Å². The number of carboxylic acid groups (broad SMARTS) is 1. The number of nitrogens with one attached hydrogen (secondary N) is 1. The van der Waals surface area contributed by atoms with E-state index in [2.05, 4.69) is 5.32 Å². The van der Waals surface area contributed by atoms with Crippen molar-refractivity contribution in [3.63, 3.8) is 0 Å². The topological polar surface area (TPSA) is 107 Å². The number of hydrogen-bond donors (Lipinski definition) is 4. The van der Waals surface area contributed by atoms with E-state index >= 15 is 0 Å². The highest BCUT2D eigenvalue weighted by Crippen LogP contribution is 2.21. The van der Waals surface area contributed by atoms with Crippen LogP contribution in [0.3, 0.4) is 0 Å². The third-order valence-corrected chi connectivity index (χ3v) is 2.79. The molecule has 0 bridgehead atoms. The minimum Gasteiger partial charge on any atom is -0.508 e. The summed E-state index contributed by atoms with van der Waals surface area (Å²) in [7, 11) is 0. The maximum Gasteiger partial charge on any atom is 0.339 e. The van der Waals surface area contributed by atoms with Crippen molar-refractivity contribution in [1.82, 2.24) is 0 Å². The zero-order valence-corrected chi connectivity index (χ0v) is 10.9. The maximum absolute atomic E-state index is 11.9. The van der Waals surface area contributed by atoms with Gasteiger partial charge < -0.3 is 20.6 Å². The van der Waals surface area contributed by atoms with Crippen LogP contribution >= 0.6 is 0 Å². The van der Waals surface area contributed by atoms with Crippen molar-refractivity contribution in [3.05, 3.63) is 53.6 Å². The van der Waals surface area contributed by atoms with Gasteiger partial charge in [-0.3, -0.25) is 4.79 Å². The van der Waals surface area contributed by atoms with Crippen LogP contribution in [0.2, 0.25) is 0 Å². The first-order valence-electron chi connectivity index (χ1n) is 6.10. The van der Waals surface area contributed by atoms with Gasteiger partial charge in [0.25, 0.3) is 0 Å². The summed E-state index contributed by atoms with van der Waals surface area (Å²) >= 11 is 0. The Kier molecular flexibility index (Phi) is 4.08. The quantitative estimate of drug-likeness (QED) is 0.643. The molecule has 0 fully saturated rings. The van der Waals surface area contributed by atoms with Crippen LogP contribution in [-0.2, 0) is 11.2 Å². The third kappa shape index (κ3) is 3.73. The number of phenols is 2. The molecular weight excluding hydrogens is 274 g/mol. The molecule has 6 heteroatoms. The summed E-state index contributed by atoms with van der Waals surface area (Å²) in [6.45, 7) is 0. The van der Waals surface area contributed by atoms with Crippen LogP contribution < -0.4 is 5.32 Å². The van der Waals surface area contributed by atoms with Crippen LogP contribution in [0, 0.1) is 0 Å². The molecule has 0 atom stereocenters. The molecule has 0 saturated heterocycles. The zero-order chi connectivity index (χ0) is 15.4. The van der Waals surface area contributed by atoms with E-state index < -0.39 is 5.97 Å². The average molecular weight is 287 g/mol. The van der Waals surface area contributed by atoms with E-state index in [0.29, 0.717) is 5.56 Å². The number of carbonyl (C=O) groups excluding carboxylic acids is 1. The van der Waals surface area contributed by atoms with Crippen molar-refractivity contribution in [2.45, 2.75) is 6.42 Å². The summed E-state index contributed by atoms with van der Waals surface area (Å²) in [4.78, 5) is 22.7. The van der Waals surface area contributed by atoms with Crippen molar-refractivity contribution < 1.29 is 24.9 Å². The lowest BCUT2D eigenvalue weighted by molar-refractivity contribution is -0.115. The molecule has 0 aromatic heterocycles. The number of rotatable bonds is 4. The number of carbonyl (C=O) groups is 2. The summed E-state index contributed by atoms with van der Waals surface area (Å²) in [6, 6.07) is 10.1. The fourth-order valence-corrected chi connectivity index (χ4v) is 1.84. The van der Waals surface area contributed by atoms with Crippen molar-refractivity contribution in [3.8, 4) is 11.5 Å². The Morgan fingerprint density at radius 1 is 1.05 bits per heavy atom. The van der Waals surface area contributed by atoms with E-state index in [0.717, 1.165) is 0 Å². The summed E-state index contributed by atoms with van der Waals surface area (Å²) < 4.78 is 0. The van der Waals surface area contributed by atoms with Gasteiger partial charge in [0, 0.05) is 5.69 Å². The Balaban J connectivity index is 2.09. The predicted octanol–water partition coefficient (Wildman–Crippen LogP) is 1.98. The molecule has 0 unspecified atom stereocenters. The molecule has 108 valence electrons. The molecule has 0 aliphatic rings. The van der Waals surface area contributed by atoms with Gasteiger partial charge in [-0.15, -0.1) is 0 Å². The second-order valence-corrected chi connectivity index (χ2v) is 4.43. The molecule has 4 N–H and O–H groups in total. The van der Waals surface area contributed by atoms with Crippen LogP contribution in [0.25, 0.3) is 0 Å². The molecular formula is C15H13NO5. The largest absolute Gasteiger partial charge is 0.508 e. The second kappa shape index (κ2) is 5.96. The summed E-state index contributed by atoms with van der Waals surface area (Å²) in [6.07, 6.45) is 0.0394. The Labute approximate surface area is 120 Å². The Bertz CT molecular complexity index is 696. The number of benzene rings is 2. The number of phenolic OH excluding ortho intramolecular Hbond substituents is 1. The Hall–Kier alpha value is -3.02. The van der Waals surface area contributed by atoms with Crippen LogP contribution in [-0.4, -0.2) is 27.2 Å². The molecule has 0 spiro atoms. The highest BCUT2D eigenvalue weighted by molar-refractivity contribution is 5.96. The molecule has 2 aromatic carbocycles. The summed E-state index contributed by atoms with van der Waals surface area (Å²) in [5.74, 6) is -1.94. The minimum absolute atomic E-state index is 0.0394. The van der Waals surface area contributed by atoms with Crippen LogP contribution in [0.1, 0.15) is 15.9 Å². The number of aromatic hydroxyl groups is 2. The van der Waals surface area contributed by atoms with Gasteiger partial charge in [-0.05, 0) is 35.9 Å². The predicted molar refractivity (Wildman–Crippen MR) is 75.5 cm³/mol. The van der Waals surface area contributed by atoms with Crippen LogP contribution in [0.15, 0.2) is 42.5 Å². The van der Waals surface area contributed by atoms with Gasteiger partial charge in [0.05, 0.1) is 6.42 Å². The van der Waals surface area contributed by atoms with E-state index in [4.69, 9.17) is 5.11 Å². The van der Waals surface area contributed by atoms with Crippen molar-refractivity contribution in [1.29, 1.82) is 0 Å². The smallest absolute Gasteiger partial charge is 0.339 e. The molecule has 0 radical (unpaired) electrons. The molecule has 2 aromatic rings. The molecule has 0 heterocycles. The zero-order valence-electron chi connectivity index (χ0n) is 10.9. The lowest BCUT2D eigenvalue weighted by atomic mass is 10.1. The third-order valence-electron chi connectivity index (χ3n) is 2.79. The molecule has 1 amide bonds. The van der Waals surface area contributed by atoms with Gasteiger partial charge in [-0.25, -0.2) is 4.79 Å². The van der Waals surface area contributed by atoms with Gasteiger partial charge in [0.15, 0.2) is 0 Å². The summed E-state index contributed by atoms with van der Waals surface area (Å²) in [5.41, 5.74) is 0.616. The molecule has 0 aliphatic heterocycles. The monoisotopic (exact) mass is 287 g/mol. The Morgan fingerprint density at radius 2 is 1.81 bits per heavy atom. The first kappa shape index (κ1) is 14.4.